The number of rotatable bonds is 0. The van der Waals surface area contributed by atoms with Crippen molar-refractivity contribution in [1.82, 2.24) is 0 Å². The molecule has 0 aliphatic heterocycles. The number of hydrogen-bond acceptors (Lipinski definition) is 2. The predicted octanol–water partition coefficient (Wildman–Crippen LogP) is 4.00. The molecule has 2 nitrogen and oxygen atoms in total. The predicted molar refractivity (Wildman–Crippen MR) is 76.2 cm³/mol. The molecule has 0 amide bonds. The van der Waals surface area contributed by atoms with E-state index in [1.54, 1.807) is 0 Å². The number of aliphatic hydroxyl groups is 2. The van der Waals surface area contributed by atoms with Gasteiger partial charge in [0.2, 0.25) is 0 Å². The molecular formula is C15H34O2. The molecule has 0 aromatic carbocycles. The van der Waals surface area contributed by atoms with Gasteiger partial charge in [-0.3, -0.25) is 0 Å². The van der Waals surface area contributed by atoms with E-state index in [-0.39, 0.29) is 0 Å². The highest BCUT2D eigenvalue weighted by molar-refractivity contribution is 4.76. The van der Waals surface area contributed by atoms with Gasteiger partial charge in [-0.1, -0.05) is 65.7 Å². The van der Waals surface area contributed by atoms with Crippen molar-refractivity contribution in [2.24, 2.45) is 11.3 Å². The smallest absolute Gasteiger partial charge is 0.0319 e. The van der Waals surface area contributed by atoms with Crippen molar-refractivity contribution in [3.8, 4) is 0 Å². The van der Waals surface area contributed by atoms with E-state index in [0.717, 1.165) is 20.1 Å². The molecule has 1 atom stereocenters. The first-order valence-corrected chi connectivity index (χ1v) is 7.02. The third-order valence-corrected chi connectivity index (χ3v) is 4.04. The van der Waals surface area contributed by atoms with E-state index >= 15 is 0 Å². The van der Waals surface area contributed by atoms with Crippen molar-refractivity contribution in [2.75, 3.05) is 14.2 Å². The zero-order valence-corrected chi connectivity index (χ0v) is 12.6. The fourth-order valence-electron chi connectivity index (χ4n) is 2.38. The van der Waals surface area contributed by atoms with E-state index in [0.29, 0.717) is 5.41 Å². The molecule has 106 valence electrons. The van der Waals surface area contributed by atoms with Crippen molar-refractivity contribution in [2.45, 2.75) is 72.1 Å². The molecule has 0 radical (unpaired) electrons. The molecule has 1 saturated carbocycles. The van der Waals surface area contributed by atoms with Crippen LogP contribution in [0.3, 0.4) is 0 Å². The zero-order chi connectivity index (χ0) is 13.7. The van der Waals surface area contributed by atoms with Crippen LogP contribution in [0.5, 0.6) is 0 Å². The van der Waals surface area contributed by atoms with Crippen LogP contribution < -0.4 is 0 Å². The van der Waals surface area contributed by atoms with Crippen LogP contribution in [-0.2, 0) is 0 Å². The van der Waals surface area contributed by atoms with Gasteiger partial charge in [0, 0.05) is 14.2 Å². The summed E-state index contributed by atoms with van der Waals surface area (Å²) in [4.78, 5) is 0. The second-order valence-corrected chi connectivity index (χ2v) is 5.55. The van der Waals surface area contributed by atoms with Gasteiger partial charge < -0.3 is 10.2 Å². The van der Waals surface area contributed by atoms with Gasteiger partial charge in [-0.2, -0.15) is 0 Å². The summed E-state index contributed by atoms with van der Waals surface area (Å²) < 4.78 is 0. The Labute approximate surface area is 108 Å². The van der Waals surface area contributed by atoms with Crippen LogP contribution >= 0.6 is 0 Å². The van der Waals surface area contributed by atoms with Crippen molar-refractivity contribution in [3.63, 3.8) is 0 Å². The summed E-state index contributed by atoms with van der Waals surface area (Å²) in [6.07, 6.45) is 11.7. The first-order chi connectivity index (χ1) is 8.13. The Morgan fingerprint density at radius 3 is 1.71 bits per heavy atom. The molecule has 1 unspecified atom stereocenters. The fourth-order valence-corrected chi connectivity index (χ4v) is 2.38. The molecule has 0 aromatic rings. The SMILES string of the molecule is CC1CCCCCCCCC1(C)C.CO.CO. The molecule has 2 N–H and O–H groups in total. The first kappa shape index (κ1) is 19.3. The van der Waals surface area contributed by atoms with Crippen LogP contribution in [0.25, 0.3) is 0 Å². The average molecular weight is 246 g/mol. The van der Waals surface area contributed by atoms with E-state index in [1.165, 1.54) is 51.4 Å². The highest BCUT2D eigenvalue weighted by Gasteiger charge is 2.24. The van der Waals surface area contributed by atoms with Gasteiger partial charge in [-0.05, 0) is 17.8 Å². The molecule has 0 heterocycles. The maximum Gasteiger partial charge on any atom is 0.0319 e. The van der Waals surface area contributed by atoms with E-state index in [4.69, 9.17) is 10.2 Å². The van der Waals surface area contributed by atoms with Crippen LogP contribution in [0, 0.1) is 11.3 Å². The highest BCUT2D eigenvalue weighted by atomic mass is 16.2. The lowest BCUT2D eigenvalue weighted by atomic mass is 9.73. The largest absolute Gasteiger partial charge is 0.400 e. The molecule has 0 bridgehead atoms. The Kier molecular flexibility index (Phi) is 14.0. The van der Waals surface area contributed by atoms with Gasteiger partial charge in [0.05, 0.1) is 0 Å². The lowest BCUT2D eigenvalue weighted by molar-refractivity contribution is 0.185. The molecule has 1 aliphatic rings. The second-order valence-electron chi connectivity index (χ2n) is 5.55. The molecular weight excluding hydrogens is 212 g/mol. The third-order valence-electron chi connectivity index (χ3n) is 4.04. The Morgan fingerprint density at radius 1 is 0.765 bits per heavy atom. The van der Waals surface area contributed by atoms with E-state index in [2.05, 4.69) is 20.8 Å². The monoisotopic (exact) mass is 246 g/mol. The van der Waals surface area contributed by atoms with Gasteiger partial charge in [0.1, 0.15) is 0 Å². The van der Waals surface area contributed by atoms with Gasteiger partial charge in [0.15, 0.2) is 0 Å². The molecule has 0 spiro atoms. The highest BCUT2D eigenvalue weighted by Crippen LogP contribution is 2.36. The molecule has 17 heavy (non-hydrogen) atoms. The molecule has 1 fully saturated rings. The van der Waals surface area contributed by atoms with E-state index in [1.807, 2.05) is 0 Å². The lowest BCUT2D eigenvalue weighted by Gasteiger charge is -2.32. The Hall–Kier alpha value is -0.0800. The lowest BCUT2D eigenvalue weighted by Crippen LogP contribution is -2.22. The van der Waals surface area contributed by atoms with E-state index < -0.39 is 0 Å². The normalized spacial score (nSPS) is 24.5. The van der Waals surface area contributed by atoms with Crippen molar-refractivity contribution < 1.29 is 10.2 Å². The second kappa shape index (κ2) is 12.4. The Morgan fingerprint density at radius 2 is 1.18 bits per heavy atom. The van der Waals surface area contributed by atoms with Crippen LogP contribution in [0.4, 0.5) is 0 Å². The molecule has 2 heteroatoms. The summed E-state index contributed by atoms with van der Waals surface area (Å²) in [6, 6.07) is 0. The minimum Gasteiger partial charge on any atom is -0.400 e. The number of hydrogen-bond donors (Lipinski definition) is 2. The first-order valence-electron chi connectivity index (χ1n) is 7.02. The standard InChI is InChI=1S/C13H26.2CH4O/c1-12-10-8-6-4-5-7-9-11-13(12,2)3;2*1-2/h12H,4-11H2,1-3H3;2*2H,1H3. The summed E-state index contributed by atoms with van der Waals surface area (Å²) in [5.41, 5.74) is 0.595. The van der Waals surface area contributed by atoms with E-state index in [9.17, 15) is 0 Å². The van der Waals surface area contributed by atoms with Crippen LogP contribution in [-0.4, -0.2) is 24.4 Å². The molecule has 0 saturated heterocycles. The Balaban J connectivity index is 0. The zero-order valence-electron chi connectivity index (χ0n) is 12.6. The maximum absolute atomic E-state index is 7.00. The minimum atomic E-state index is 0.595. The summed E-state index contributed by atoms with van der Waals surface area (Å²) >= 11 is 0. The molecule has 1 aliphatic carbocycles. The summed E-state index contributed by atoms with van der Waals surface area (Å²) in [7, 11) is 2.00. The average Bonchev–Trinajstić information content (AvgIpc) is 2.36. The molecule has 0 aromatic heterocycles. The molecule has 1 rings (SSSR count). The van der Waals surface area contributed by atoms with Crippen LogP contribution in [0.1, 0.15) is 72.1 Å². The minimum absolute atomic E-state index is 0.595. The Bertz CT molecular complexity index is 144. The van der Waals surface area contributed by atoms with Crippen LogP contribution in [0.2, 0.25) is 0 Å². The third kappa shape index (κ3) is 9.61. The maximum atomic E-state index is 7.00. The number of aliphatic hydroxyl groups excluding tert-OH is 2. The summed E-state index contributed by atoms with van der Waals surface area (Å²) in [6.45, 7) is 7.36. The van der Waals surface area contributed by atoms with Crippen molar-refractivity contribution >= 4 is 0 Å². The van der Waals surface area contributed by atoms with Gasteiger partial charge in [-0.25, -0.2) is 0 Å². The van der Waals surface area contributed by atoms with Gasteiger partial charge in [0.25, 0.3) is 0 Å². The summed E-state index contributed by atoms with van der Waals surface area (Å²) in [5.74, 6) is 0.922. The van der Waals surface area contributed by atoms with Crippen molar-refractivity contribution in [1.29, 1.82) is 0 Å². The fraction of sp³-hybridized carbons (Fsp3) is 1.00. The summed E-state index contributed by atoms with van der Waals surface area (Å²) in [5, 5.41) is 14.0. The quantitative estimate of drug-likeness (QED) is 0.678. The van der Waals surface area contributed by atoms with Gasteiger partial charge >= 0.3 is 0 Å². The van der Waals surface area contributed by atoms with Crippen LogP contribution in [0.15, 0.2) is 0 Å². The topological polar surface area (TPSA) is 40.5 Å². The van der Waals surface area contributed by atoms with Gasteiger partial charge in [-0.15, -0.1) is 0 Å². The van der Waals surface area contributed by atoms with Crippen molar-refractivity contribution in [3.05, 3.63) is 0 Å².